The van der Waals surface area contributed by atoms with Crippen LogP contribution in [0, 0.1) is 5.92 Å². The van der Waals surface area contributed by atoms with Gasteiger partial charge in [0.15, 0.2) is 0 Å². The zero-order valence-corrected chi connectivity index (χ0v) is 11.1. The van der Waals surface area contributed by atoms with E-state index in [1.165, 1.54) is 19.3 Å². The first-order valence-corrected chi connectivity index (χ1v) is 6.87. The second-order valence-corrected chi connectivity index (χ2v) is 4.99. The fraction of sp³-hybridized carbons (Fsp3) is 0.769. The molecule has 0 spiro atoms. The highest BCUT2D eigenvalue weighted by molar-refractivity contribution is 5.94. The molecule has 0 aromatic rings. The minimum atomic E-state index is -0.867. The van der Waals surface area contributed by atoms with Gasteiger partial charge in [0.05, 0.1) is 0 Å². The molecule has 0 heterocycles. The van der Waals surface area contributed by atoms with Crippen molar-refractivity contribution in [2.45, 2.75) is 51.4 Å². The van der Waals surface area contributed by atoms with Crippen molar-refractivity contribution in [1.29, 1.82) is 0 Å². The number of nitrogens with one attached hydrogen (secondary N) is 2. The highest BCUT2D eigenvalue weighted by Gasteiger charge is 2.17. The van der Waals surface area contributed by atoms with E-state index < -0.39 is 12.0 Å². The monoisotopic (exact) mass is 270 g/mol. The van der Waals surface area contributed by atoms with E-state index in [0.717, 1.165) is 12.3 Å². The first kappa shape index (κ1) is 15.5. The number of urea groups is 1. The van der Waals surface area contributed by atoms with Crippen LogP contribution in [0.4, 0.5) is 4.79 Å². The molecule has 0 aromatic carbocycles. The molecule has 6 nitrogen and oxygen atoms in total. The highest BCUT2D eigenvalue weighted by Crippen LogP contribution is 2.28. The molecule has 6 heteroatoms. The molecule has 1 rings (SSSR count). The maximum atomic E-state index is 11.3. The summed E-state index contributed by atoms with van der Waals surface area (Å²) < 4.78 is 0. The molecule has 0 atom stereocenters. The van der Waals surface area contributed by atoms with Gasteiger partial charge in [-0.1, -0.05) is 19.3 Å². The summed E-state index contributed by atoms with van der Waals surface area (Å²) in [5.41, 5.74) is 0. The molecule has 1 saturated carbocycles. The predicted octanol–water partition coefficient (Wildman–Crippen LogP) is 1.65. The molecule has 0 bridgehead atoms. The third-order valence-corrected chi connectivity index (χ3v) is 3.36. The van der Waals surface area contributed by atoms with Crippen molar-refractivity contribution in [3.63, 3.8) is 0 Å². The number of carboxylic acids is 1. The van der Waals surface area contributed by atoms with Gasteiger partial charge in [0, 0.05) is 19.4 Å². The van der Waals surface area contributed by atoms with Gasteiger partial charge < -0.3 is 10.4 Å². The van der Waals surface area contributed by atoms with Crippen LogP contribution in [0.2, 0.25) is 0 Å². The molecule has 1 fully saturated rings. The Balaban J connectivity index is 1.97. The third-order valence-electron chi connectivity index (χ3n) is 3.36. The van der Waals surface area contributed by atoms with Gasteiger partial charge in [-0.25, -0.2) is 4.79 Å². The van der Waals surface area contributed by atoms with E-state index in [4.69, 9.17) is 5.11 Å². The van der Waals surface area contributed by atoms with Crippen molar-refractivity contribution in [2.24, 2.45) is 5.92 Å². The molecule has 0 aromatic heterocycles. The van der Waals surface area contributed by atoms with Crippen molar-refractivity contribution in [1.82, 2.24) is 10.6 Å². The topological polar surface area (TPSA) is 95.5 Å². The Morgan fingerprint density at radius 2 is 1.79 bits per heavy atom. The molecule has 108 valence electrons. The molecule has 1 aliphatic rings. The van der Waals surface area contributed by atoms with Crippen molar-refractivity contribution >= 4 is 17.9 Å². The average molecular weight is 270 g/mol. The van der Waals surface area contributed by atoms with Crippen LogP contribution in [0.25, 0.3) is 0 Å². The summed E-state index contributed by atoms with van der Waals surface area (Å²) in [5.74, 6) is -0.493. The third kappa shape index (κ3) is 7.43. The van der Waals surface area contributed by atoms with Crippen LogP contribution in [0.5, 0.6) is 0 Å². The highest BCUT2D eigenvalue weighted by atomic mass is 16.4. The van der Waals surface area contributed by atoms with E-state index in [-0.39, 0.29) is 18.7 Å². The normalized spacial score (nSPS) is 14.5. The molecule has 19 heavy (non-hydrogen) atoms. The van der Waals surface area contributed by atoms with Crippen molar-refractivity contribution < 1.29 is 19.5 Å². The Bertz CT molecular complexity index is 327. The predicted molar refractivity (Wildman–Crippen MR) is 69.6 cm³/mol. The number of hydrogen-bond donors (Lipinski definition) is 3. The Kier molecular flexibility index (Phi) is 6.92. The Morgan fingerprint density at radius 3 is 2.37 bits per heavy atom. The zero-order valence-electron chi connectivity index (χ0n) is 11.1. The summed E-state index contributed by atoms with van der Waals surface area (Å²) in [6, 6.07) is -0.456. The number of unbranched alkanes of at least 4 members (excludes halogenated alkanes) is 1. The smallest absolute Gasteiger partial charge is 0.321 e. The van der Waals surface area contributed by atoms with Crippen LogP contribution in [-0.2, 0) is 9.59 Å². The summed E-state index contributed by atoms with van der Waals surface area (Å²) in [4.78, 5) is 32.9. The summed E-state index contributed by atoms with van der Waals surface area (Å²) >= 11 is 0. The van der Waals surface area contributed by atoms with Gasteiger partial charge in [-0.2, -0.15) is 0 Å². The van der Waals surface area contributed by atoms with Gasteiger partial charge in [-0.3, -0.25) is 14.9 Å². The van der Waals surface area contributed by atoms with E-state index in [2.05, 4.69) is 10.6 Å². The minimum Gasteiger partial charge on any atom is -0.481 e. The van der Waals surface area contributed by atoms with Crippen LogP contribution >= 0.6 is 0 Å². The molecule has 1 aliphatic carbocycles. The van der Waals surface area contributed by atoms with Gasteiger partial charge in [-0.15, -0.1) is 0 Å². The van der Waals surface area contributed by atoms with Crippen LogP contribution < -0.4 is 10.6 Å². The maximum absolute atomic E-state index is 11.3. The van der Waals surface area contributed by atoms with Crippen molar-refractivity contribution in [3.05, 3.63) is 0 Å². The number of hydrogen-bond acceptors (Lipinski definition) is 3. The number of carboxylic acid groups (broad SMARTS) is 1. The quantitative estimate of drug-likeness (QED) is 0.584. The molecule has 0 radical (unpaired) electrons. The number of aliphatic carboxylic acids is 1. The van der Waals surface area contributed by atoms with Crippen molar-refractivity contribution in [3.8, 4) is 0 Å². The summed E-state index contributed by atoms with van der Waals surface area (Å²) in [6.45, 7) is 0.600. The molecule has 0 aliphatic heterocycles. The lowest BCUT2D eigenvalue weighted by Crippen LogP contribution is -2.40. The second kappa shape index (κ2) is 8.50. The van der Waals surface area contributed by atoms with E-state index in [0.29, 0.717) is 19.4 Å². The number of amides is 3. The van der Waals surface area contributed by atoms with E-state index >= 15 is 0 Å². The standard InChI is InChI=1S/C13H22N2O4/c16-11(6-1-2-7-12(17)18)15-13(19)14-9-8-10-4-3-5-10/h10H,1-9H2,(H,17,18)(H2,14,15,16,19). The van der Waals surface area contributed by atoms with Crippen molar-refractivity contribution in [2.75, 3.05) is 6.54 Å². The molecule has 0 unspecified atom stereocenters. The van der Waals surface area contributed by atoms with Crippen LogP contribution in [0.15, 0.2) is 0 Å². The van der Waals surface area contributed by atoms with E-state index in [1.54, 1.807) is 0 Å². The fourth-order valence-electron chi connectivity index (χ4n) is 1.97. The summed E-state index contributed by atoms with van der Waals surface area (Å²) in [5, 5.41) is 13.3. The lowest BCUT2D eigenvalue weighted by Gasteiger charge is -2.25. The lowest BCUT2D eigenvalue weighted by molar-refractivity contribution is -0.137. The zero-order chi connectivity index (χ0) is 14.1. The largest absolute Gasteiger partial charge is 0.481 e. The van der Waals surface area contributed by atoms with Crippen LogP contribution in [-0.4, -0.2) is 29.6 Å². The summed E-state index contributed by atoms with van der Waals surface area (Å²) in [6.07, 6.45) is 5.91. The Hall–Kier alpha value is -1.59. The first-order chi connectivity index (χ1) is 9.08. The van der Waals surface area contributed by atoms with E-state index in [1.807, 2.05) is 0 Å². The van der Waals surface area contributed by atoms with Gasteiger partial charge >= 0.3 is 12.0 Å². The first-order valence-electron chi connectivity index (χ1n) is 6.87. The Morgan fingerprint density at radius 1 is 1.11 bits per heavy atom. The van der Waals surface area contributed by atoms with E-state index in [9.17, 15) is 14.4 Å². The number of imide groups is 1. The van der Waals surface area contributed by atoms with Gasteiger partial charge in [0.25, 0.3) is 0 Å². The second-order valence-electron chi connectivity index (χ2n) is 4.99. The molecule has 3 N–H and O–H groups in total. The molecular formula is C13H22N2O4. The van der Waals surface area contributed by atoms with Crippen LogP contribution in [0.1, 0.15) is 51.4 Å². The summed E-state index contributed by atoms with van der Waals surface area (Å²) in [7, 11) is 0. The lowest BCUT2D eigenvalue weighted by atomic mass is 9.83. The van der Waals surface area contributed by atoms with Gasteiger partial charge in [-0.05, 0) is 25.2 Å². The van der Waals surface area contributed by atoms with Crippen LogP contribution in [0.3, 0.4) is 0 Å². The average Bonchev–Trinajstić information content (AvgIpc) is 2.27. The molecular weight excluding hydrogens is 248 g/mol. The SMILES string of the molecule is O=C(O)CCCCC(=O)NC(=O)NCCC1CCC1. The maximum Gasteiger partial charge on any atom is 0.321 e. The van der Waals surface area contributed by atoms with Gasteiger partial charge in [0.1, 0.15) is 0 Å². The van der Waals surface area contributed by atoms with Gasteiger partial charge in [0.2, 0.25) is 5.91 Å². The fourth-order valence-corrected chi connectivity index (χ4v) is 1.97. The molecule has 0 saturated heterocycles. The number of carbonyl (C=O) groups is 3. The molecule has 3 amide bonds. The number of rotatable bonds is 8. The Labute approximate surface area is 112 Å². The number of carbonyl (C=O) groups excluding carboxylic acids is 2. The minimum absolute atomic E-state index is 0.0564.